The molecule has 3 heteroatoms. The van der Waals surface area contributed by atoms with Crippen LogP contribution in [-0.2, 0) is 0 Å². The van der Waals surface area contributed by atoms with E-state index in [9.17, 15) is 10.4 Å². The van der Waals surface area contributed by atoms with Crippen LogP contribution in [0, 0.1) is 16.7 Å². The quantitative estimate of drug-likeness (QED) is 0.837. The normalized spacial score (nSPS) is 19.2. The number of hydrogen-bond acceptors (Lipinski definition) is 3. The van der Waals surface area contributed by atoms with Crippen LogP contribution in [0.2, 0.25) is 0 Å². The summed E-state index contributed by atoms with van der Waals surface area (Å²) in [6.07, 6.45) is 5.90. The Bertz CT molecular complexity index is 432. The molecule has 0 amide bonds. The van der Waals surface area contributed by atoms with Gasteiger partial charge in [-0.1, -0.05) is 49.6 Å². The highest BCUT2D eigenvalue weighted by Crippen LogP contribution is 2.35. The fourth-order valence-electron chi connectivity index (χ4n) is 3.10. The molecule has 1 unspecified atom stereocenters. The molecule has 1 aliphatic carbocycles. The standard InChI is InChI=1S/C17H24N2O/c18-11-16(15-7-3-1-4-8-15)12-19-13-17(14-20)9-5-2-6-10-17/h1,3-4,7-8,16,19-20H,2,5-6,9-10,12-14H2. The van der Waals surface area contributed by atoms with Crippen LogP contribution in [0.5, 0.6) is 0 Å². The van der Waals surface area contributed by atoms with Crippen molar-refractivity contribution in [1.82, 2.24) is 5.32 Å². The van der Waals surface area contributed by atoms with Gasteiger partial charge in [-0.3, -0.25) is 0 Å². The minimum absolute atomic E-state index is 0.0367. The minimum atomic E-state index is -0.115. The third-order valence-corrected chi connectivity index (χ3v) is 4.46. The molecule has 3 nitrogen and oxygen atoms in total. The van der Waals surface area contributed by atoms with Crippen LogP contribution in [-0.4, -0.2) is 24.8 Å². The van der Waals surface area contributed by atoms with E-state index >= 15 is 0 Å². The molecule has 1 fully saturated rings. The van der Waals surface area contributed by atoms with Gasteiger partial charge in [-0.15, -0.1) is 0 Å². The zero-order valence-electron chi connectivity index (χ0n) is 12.0. The lowest BCUT2D eigenvalue weighted by molar-refractivity contribution is 0.0814. The molecule has 1 aromatic carbocycles. The van der Waals surface area contributed by atoms with Crippen LogP contribution in [0.15, 0.2) is 30.3 Å². The second-order valence-electron chi connectivity index (χ2n) is 5.94. The van der Waals surface area contributed by atoms with E-state index in [1.165, 1.54) is 19.3 Å². The number of rotatable bonds is 6. The summed E-state index contributed by atoms with van der Waals surface area (Å²) in [6.45, 7) is 1.72. The molecule has 1 atom stereocenters. The molecule has 0 spiro atoms. The van der Waals surface area contributed by atoms with Crippen molar-refractivity contribution < 1.29 is 5.11 Å². The lowest BCUT2D eigenvalue weighted by Crippen LogP contribution is -2.40. The van der Waals surface area contributed by atoms with Crippen molar-refractivity contribution in [1.29, 1.82) is 5.26 Å². The van der Waals surface area contributed by atoms with E-state index in [4.69, 9.17) is 0 Å². The number of benzene rings is 1. The summed E-state index contributed by atoms with van der Waals surface area (Å²) in [7, 11) is 0. The minimum Gasteiger partial charge on any atom is -0.396 e. The van der Waals surface area contributed by atoms with Gasteiger partial charge in [-0.25, -0.2) is 0 Å². The van der Waals surface area contributed by atoms with E-state index in [-0.39, 0.29) is 17.9 Å². The van der Waals surface area contributed by atoms with E-state index in [1.807, 2.05) is 30.3 Å². The van der Waals surface area contributed by atoms with Gasteiger partial charge in [-0.2, -0.15) is 5.26 Å². The molecule has 20 heavy (non-hydrogen) atoms. The van der Waals surface area contributed by atoms with Crippen molar-refractivity contribution >= 4 is 0 Å². The highest BCUT2D eigenvalue weighted by Gasteiger charge is 2.31. The van der Waals surface area contributed by atoms with Crippen molar-refractivity contribution in [2.24, 2.45) is 5.41 Å². The van der Waals surface area contributed by atoms with Crippen molar-refractivity contribution in [2.45, 2.75) is 38.0 Å². The summed E-state index contributed by atoms with van der Waals surface area (Å²) in [6, 6.07) is 12.3. The Labute approximate surface area is 121 Å². The van der Waals surface area contributed by atoms with E-state index < -0.39 is 0 Å². The highest BCUT2D eigenvalue weighted by atomic mass is 16.3. The summed E-state index contributed by atoms with van der Waals surface area (Å²) in [4.78, 5) is 0. The first-order valence-electron chi connectivity index (χ1n) is 7.56. The van der Waals surface area contributed by atoms with Crippen LogP contribution in [0.4, 0.5) is 0 Å². The Hall–Kier alpha value is -1.37. The van der Waals surface area contributed by atoms with Crippen molar-refractivity contribution in [3.63, 3.8) is 0 Å². The molecule has 0 heterocycles. The number of nitriles is 1. The fraction of sp³-hybridized carbons (Fsp3) is 0.588. The second-order valence-corrected chi connectivity index (χ2v) is 5.94. The summed E-state index contributed by atoms with van der Waals surface area (Å²) in [5, 5.41) is 22.4. The lowest BCUT2D eigenvalue weighted by Gasteiger charge is -2.36. The molecule has 0 aliphatic heterocycles. The number of nitrogens with one attached hydrogen (secondary N) is 1. The largest absolute Gasteiger partial charge is 0.396 e. The third-order valence-electron chi connectivity index (χ3n) is 4.46. The maximum Gasteiger partial charge on any atom is 0.0837 e. The van der Waals surface area contributed by atoms with Crippen LogP contribution in [0.25, 0.3) is 0 Å². The first kappa shape index (κ1) is 15.0. The molecule has 2 rings (SSSR count). The van der Waals surface area contributed by atoms with Gasteiger partial charge in [-0.05, 0) is 18.4 Å². The van der Waals surface area contributed by atoms with Crippen LogP contribution >= 0.6 is 0 Å². The van der Waals surface area contributed by atoms with Crippen molar-refractivity contribution in [2.75, 3.05) is 19.7 Å². The summed E-state index contributed by atoms with van der Waals surface area (Å²) in [5.41, 5.74) is 1.10. The van der Waals surface area contributed by atoms with E-state index in [2.05, 4.69) is 11.4 Å². The van der Waals surface area contributed by atoms with E-state index in [1.54, 1.807) is 0 Å². The van der Waals surface area contributed by atoms with Crippen LogP contribution < -0.4 is 5.32 Å². The summed E-state index contributed by atoms with van der Waals surface area (Å²) in [5.74, 6) is -0.115. The molecule has 1 aliphatic rings. The van der Waals surface area contributed by atoms with Crippen molar-refractivity contribution in [3.8, 4) is 6.07 Å². The van der Waals surface area contributed by atoms with E-state index in [0.717, 1.165) is 24.9 Å². The predicted molar refractivity (Wildman–Crippen MR) is 80.3 cm³/mol. The van der Waals surface area contributed by atoms with Crippen molar-refractivity contribution in [3.05, 3.63) is 35.9 Å². The zero-order chi connectivity index (χ0) is 14.3. The summed E-state index contributed by atoms with van der Waals surface area (Å²) < 4.78 is 0. The van der Waals surface area contributed by atoms with Gasteiger partial charge < -0.3 is 10.4 Å². The Morgan fingerprint density at radius 2 is 1.90 bits per heavy atom. The molecular formula is C17H24N2O. The topological polar surface area (TPSA) is 56.0 Å². The monoisotopic (exact) mass is 272 g/mol. The first-order chi connectivity index (χ1) is 9.79. The maximum absolute atomic E-state index is 9.68. The number of nitrogens with zero attached hydrogens (tertiary/aromatic N) is 1. The predicted octanol–water partition coefficient (Wildman–Crippen LogP) is 2.83. The van der Waals surface area contributed by atoms with Gasteiger partial charge >= 0.3 is 0 Å². The number of aliphatic hydroxyl groups excluding tert-OH is 1. The zero-order valence-corrected chi connectivity index (χ0v) is 12.0. The smallest absolute Gasteiger partial charge is 0.0837 e. The molecule has 0 saturated heterocycles. The first-order valence-corrected chi connectivity index (χ1v) is 7.56. The molecule has 0 aromatic heterocycles. The molecule has 108 valence electrons. The van der Waals surface area contributed by atoms with Crippen LogP contribution in [0.1, 0.15) is 43.6 Å². The summed E-state index contributed by atoms with van der Waals surface area (Å²) >= 11 is 0. The Balaban J connectivity index is 1.86. The average Bonchev–Trinajstić information content (AvgIpc) is 2.53. The molecular weight excluding hydrogens is 248 g/mol. The molecule has 1 saturated carbocycles. The Morgan fingerprint density at radius 3 is 2.50 bits per heavy atom. The molecule has 0 bridgehead atoms. The maximum atomic E-state index is 9.68. The van der Waals surface area contributed by atoms with Gasteiger partial charge in [0.15, 0.2) is 0 Å². The fourth-order valence-corrected chi connectivity index (χ4v) is 3.10. The van der Waals surface area contributed by atoms with Crippen LogP contribution in [0.3, 0.4) is 0 Å². The van der Waals surface area contributed by atoms with Gasteiger partial charge in [0.05, 0.1) is 12.0 Å². The van der Waals surface area contributed by atoms with Gasteiger partial charge in [0.1, 0.15) is 0 Å². The SMILES string of the molecule is N#CC(CNCC1(CO)CCCCC1)c1ccccc1. The Kier molecular flexibility index (Phi) is 5.58. The van der Waals surface area contributed by atoms with Gasteiger partial charge in [0, 0.05) is 25.1 Å². The lowest BCUT2D eigenvalue weighted by atomic mass is 9.74. The highest BCUT2D eigenvalue weighted by molar-refractivity contribution is 5.25. The Morgan fingerprint density at radius 1 is 1.20 bits per heavy atom. The van der Waals surface area contributed by atoms with Gasteiger partial charge in [0.2, 0.25) is 0 Å². The van der Waals surface area contributed by atoms with E-state index in [0.29, 0.717) is 6.54 Å². The molecule has 2 N–H and O–H groups in total. The molecule has 1 aromatic rings. The van der Waals surface area contributed by atoms with Gasteiger partial charge in [0.25, 0.3) is 0 Å². The average molecular weight is 272 g/mol. The molecule has 0 radical (unpaired) electrons. The second kappa shape index (κ2) is 7.42. The number of aliphatic hydroxyl groups is 1. The third kappa shape index (κ3) is 3.82. The number of hydrogen-bond donors (Lipinski definition) is 2.